The zero-order valence-corrected chi connectivity index (χ0v) is 11.6. The first kappa shape index (κ1) is 13.1. The van der Waals surface area contributed by atoms with Crippen LogP contribution in [0.25, 0.3) is 0 Å². The summed E-state index contributed by atoms with van der Waals surface area (Å²) in [4.78, 5) is 0. The van der Waals surface area contributed by atoms with Crippen molar-refractivity contribution >= 4 is 21.6 Å². The molecule has 0 atom stereocenters. The second-order valence-corrected chi connectivity index (χ2v) is 4.99. The summed E-state index contributed by atoms with van der Waals surface area (Å²) in [5.74, 6) is -0.225. The number of halogens is 2. The van der Waals surface area contributed by atoms with Crippen LogP contribution in [0.3, 0.4) is 0 Å². The first-order valence-corrected chi connectivity index (χ1v) is 6.78. The molecule has 18 heavy (non-hydrogen) atoms. The van der Waals surface area contributed by atoms with Crippen molar-refractivity contribution in [3.63, 3.8) is 0 Å². The summed E-state index contributed by atoms with van der Waals surface area (Å²) in [6, 6.07) is 15.1. The lowest BCUT2D eigenvalue weighted by Gasteiger charge is -2.08. The minimum atomic E-state index is -0.225. The highest BCUT2D eigenvalue weighted by atomic mass is 79.9. The molecule has 0 bridgehead atoms. The van der Waals surface area contributed by atoms with Crippen molar-refractivity contribution in [1.82, 2.24) is 0 Å². The van der Waals surface area contributed by atoms with Crippen LogP contribution in [0.2, 0.25) is 0 Å². The van der Waals surface area contributed by atoms with E-state index in [9.17, 15) is 4.39 Å². The highest BCUT2D eigenvalue weighted by Crippen LogP contribution is 2.22. The fourth-order valence-corrected chi connectivity index (χ4v) is 2.28. The highest BCUT2D eigenvalue weighted by Gasteiger charge is 2.00. The monoisotopic (exact) mass is 307 g/mol. The van der Waals surface area contributed by atoms with Crippen molar-refractivity contribution in [3.05, 3.63) is 64.4 Å². The van der Waals surface area contributed by atoms with Crippen LogP contribution in [0.4, 0.5) is 10.1 Å². The van der Waals surface area contributed by atoms with E-state index in [2.05, 4.69) is 45.5 Å². The first-order chi connectivity index (χ1) is 8.75. The molecule has 0 saturated carbocycles. The minimum absolute atomic E-state index is 0.225. The maximum atomic E-state index is 12.9. The van der Waals surface area contributed by atoms with Gasteiger partial charge < -0.3 is 5.32 Å². The van der Waals surface area contributed by atoms with Crippen molar-refractivity contribution in [2.24, 2.45) is 0 Å². The molecule has 0 unspecified atom stereocenters. The van der Waals surface area contributed by atoms with Crippen molar-refractivity contribution in [3.8, 4) is 0 Å². The van der Waals surface area contributed by atoms with Gasteiger partial charge in [0, 0.05) is 16.7 Å². The van der Waals surface area contributed by atoms with Crippen molar-refractivity contribution in [2.75, 3.05) is 11.9 Å². The third-order valence-electron chi connectivity index (χ3n) is 2.73. The van der Waals surface area contributed by atoms with E-state index in [1.165, 1.54) is 17.7 Å². The molecule has 0 radical (unpaired) electrons. The molecule has 0 aliphatic carbocycles. The summed E-state index contributed by atoms with van der Waals surface area (Å²) >= 11 is 3.34. The molecular formula is C15H15BrFN. The van der Waals surface area contributed by atoms with Crippen LogP contribution in [-0.4, -0.2) is 6.54 Å². The zero-order chi connectivity index (χ0) is 12.8. The minimum Gasteiger partial charge on any atom is -0.384 e. The van der Waals surface area contributed by atoms with Gasteiger partial charge in [-0.25, -0.2) is 4.39 Å². The van der Waals surface area contributed by atoms with Crippen LogP contribution >= 0.6 is 15.9 Å². The van der Waals surface area contributed by atoms with Gasteiger partial charge in [0.05, 0.1) is 0 Å². The standard InChI is InChI=1S/C15H15BrFN/c16-14-11-13(17)8-9-15(14)18-10-4-7-12-5-2-1-3-6-12/h1-3,5-6,8-9,11,18H,4,7,10H2. The second kappa shape index (κ2) is 6.55. The van der Waals surface area contributed by atoms with E-state index in [0.29, 0.717) is 0 Å². The third-order valence-corrected chi connectivity index (χ3v) is 3.39. The van der Waals surface area contributed by atoms with Crippen LogP contribution in [0.1, 0.15) is 12.0 Å². The molecule has 94 valence electrons. The molecule has 0 fully saturated rings. The number of benzene rings is 2. The van der Waals surface area contributed by atoms with E-state index in [1.54, 1.807) is 6.07 Å². The predicted molar refractivity (Wildman–Crippen MR) is 77.4 cm³/mol. The summed E-state index contributed by atoms with van der Waals surface area (Å²) in [7, 11) is 0. The molecule has 0 heterocycles. The number of rotatable bonds is 5. The Kier molecular flexibility index (Phi) is 4.76. The Hall–Kier alpha value is -1.35. The van der Waals surface area contributed by atoms with Gasteiger partial charge in [0.25, 0.3) is 0 Å². The van der Waals surface area contributed by atoms with Gasteiger partial charge in [0.15, 0.2) is 0 Å². The lowest BCUT2D eigenvalue weighted by atomic mass is 10.1. The molecule has 0 amide bonds. The van der Waals surface area contributed by atoms with Crippen LogP contribution in [-0.2, 0) is 6.42 Å². The van der Waals surface area contributed by atoms with E-state index in [1.807, 2.05) is 6.07 Å². The molecule has 1 nitrogen and oxygen atoms in total. The number of hydrogen-bond acceptors (Lipinski definition) is 1. The van der Waals surface area contributed by atoms with Gasteiger partial charge in [-0.05, 0) is 52.5 Å². The Morgan fingerprint density at radius 2 is 1.83 bits per heavy atom. The normalized spacial score (nSPS) is 10.3. The zero-order valence-electron chi connectivity index (χ0n) is 10.00. The smallest absolute Gasteiger partial charge is 0.124 e. The van der Waals surface area contributed by atoms with Gasteiger partial charge in [-0.2, -0.15) is 0 Å². The maximum absolute atomic E-state index is 12.9. The topological polar surface area (TPSA) is 12.0 Å². The first-order valence-electron chi connectivity index (χ1n) is 5.98. The fourth-order valence-electron chi connectivity index (χ4n) is 1.79. The van der Waals surface area contributed by atoms with E-state index >= 15 is 0 Å². The molecule has 0 aliphatic heterocycles. The van der Waals surface area contributed by atoms with Crippen molar-refractivity contribution in [2.45, 2.75) is 12.8 Å². The average molecular weight is 308 g/mol. The number of aryl methyl sites for hydroxylation is 1. The molecule has 0 spiro atoms. The van der Waals surface area contributed by atoms with Gasteiger partial charge in [0.1, 0.15) is 5.82 Å². The van der Waals surface area contributed by atoms with Gasteiger partial charge >= 0.3 is 0 Å². The molecule has 2 rings (SSSR count). The number of anilines is 1. The van der Waals surface area contributed by atoms with Crippen LogP contribution < -0.4 is 5.32 Å². The lowest BCUT2D eigenvalue weighted by Crippen LogP contribution is -2.03. The van der Waals surface area contributed by atoms with E-state index < -0.39 is 0 Å². The Labute approximate surface area is 115 Å². The number of hydrogen-bond donors (Lipinski definition) is 1. The molecule has 2 aromatic rings. The van der Waals surface area contributed by atoms with E-state index in [0.717, 1.165) is 29.5 Å². The summed E-state index contributed by atoms with van der Waals surface area (Å²) in [5, 5.41) is 3.30. The lowest BCUT2D eigenvalue weighted by molar-refractivity contribution is 0.627. The average Bonchev–Trinajstić information content (AvgIpc) is 2.38. The van der Waals surface area contributed by atoms with Gasteiger partial charge in [0.2, 0.25) is 0 Å². The number of nitrogens with one attached hydrogen (secondary N) is 1. The molecule has 1 N–H and O–H groups in total. The van der Waals surface area contributed by atoms with Crippen molar-refractivity contribution < 1.29 is 4.39 Å². The summed E-state index contributed by atoms with van der Waals surface area (Å²) in [6.45, 7) is 0.874. The van der Waals surface area contributed by atoms with Crippen molar-refractivity contribution in [1.29, 1.82) is 0 Å². The van der Waals surface area contributed by atoms with Gasteiger partial charge in [-0.15, -0.1) is 0 Å². The molecule has 2 aromatic carbocycles. The van der Waals surface area contributed by atoms with E-state index in [4.69, 9.17) is 0 Å². The van der Waals surface area contributed by atoms with Crippen LogP contribution in [0.5, 0.6) is 0 Å². The van der Waals surface area contributed by atoms with Crippen LogP contribution in [0.15, 0.2) is 53.0 Å². The molecular weight excluding hydrogens is 293 g/mol. The summed E-state index contributed by atoms with van der Waals surface area (Å²) in [5.41, 5.74) is 2.28. The quantitative estimate of drug-likeness (QED) is 0.794. The third kappa shape index (κ3) is 3.84. The SMILES string of the molecule is Fc1ccc(NCCCc2ccccc2)c(Br)c1. The van der Waals surface area contributed by atoms with Gasteiger partial charge in [-0.3, -0.25) is 0 Å². The predicted octanol–water partition coefficient (Wildman–Crippen LogP) is 4.63. The molecule has 3 heteroatoms. The Bertz CT molecular complexity index is 499. The molecule has 0 saturated heterocycles. The highest BCUT2D eigenvalue weighted by molar-refractivity contribution is 9.10. The molecule has 0 aliphatic rings. The van der Waals surface area contributed by atoms with Crippen LogP contribution in [0, 0.1) is 5.82 Å². The summed E-state index contributed by atoms with van der Waals surface area (Å²) in [6.07, 6.45) is 2.10. The Morgan fingerprint density at radius 3 is 2.56 bits per heavy atom. The Morgan fingerprint density at radius 1 is 1.06 bits per heavy atom. The van der Waals surface area contributed by atoms with Gasteiger partial charge in [-0.1, -0.05) is 30.3 Å². The summed E-state index contributed by atoms with van der Waals surface area (Å²) < 4.78 is 13.7. The second-order valence-electron chi connectivity index (χ2n) is 4.14. The van der Waals surface area contributed by atoms with E-state index in [-0.39, 0.29) is 5.82 Å². The fraction of sp³-hybridized carbons (Fsp3) is 0.200. The largest absolute Gasteiger partial charge is 0.384 e. The Balaban J connectivity index is 1.79. The maximum Gasteiger partial charge on any atom is 0.124 e. The molecule has 0 aromatic heterocycles.